The van der Waals surface area contributed by atoms with Crippen molar-refractivity contribution in [2.24, 2.45) is 5.41 Å². The Kier molecular flexibility index (Phi) is 3.83. The van der Waals surface area contributed by atoms with Gasteiger partial charge in [0.25, 0.3) is 5.91 Å². The molecule has 1 aromatic carbocycles. The van der Waals surface area contributed by atoms with Crippen LogP contribution in [0.25, 0.3) is 0 Å². The van der Waals surface area contributed by atoms with Crippen LogP contribution < -0.4 is 5.32 Å². The Hall–Kier alpha value is -1.51. The number of aryl methyl sites for hydroxylation is 1. The first-order valence-electron chi connectivity index (χ1n) is 6.98. The highest BCUT2D eigenvalue weighted by Gasteiger charge is 2.29. The molecule has 0 bridgehead atoms. The van der Waals surface area contributed by atoms with Gasteiger partial charge < -0.3 is 10.4 Å². The predicted octanol–water partition coefficient (Wildman–Crippen LogP) is 3.40. The van der Waals surface area contributed by atoms with Crippen LogP contribution in [0.2, 0.25) is 0 Å². The number of aromatic hydroxyl groups is 1. The molecule has 1 atom stereocenters. The van der Waals surface area contributed by atoms with E-state index in [1.165, 1.54) is 6.42 Å². The summed E-state index contributed by atoms with van der Waals surface area (Å²) < 4.78 is 0. The highest BCUT2D eigenvalue weighted by atomic mass is 16.3. The molecule has 3 nitrogen and oxygen atoms in total. The van der Waals surface area contributed by atoms with Crippen molar-refractivity contribution >= 4 is 5.91 Å². The number of amides is 1. The Morgan fingerprint density at radius 1 is 1.42 bits per heavy atom. The summed E-state index contributed by atoms with van der Waals surface area (Å²) in [7, 11) is 0. The zero-order valence-electron chi connectivity index (χ0n) is 12.0. The summed E-state index contributed by atoms with van der Waals surface area (Å²) in [6.45, 7) is 6.29. The topological polar surface area (TPSA) is 49.3 Å². The van der Waals surface area contributed by atoms with Crippen molar-refractivity contribution in [2.75, 3.05) is 0 Å². The van der Waals surface area contributed by atoms with Gasteiger partial charge in [-0.25, -0.2) is 0 Å². The number of carbonyl (C=O) groups is 1. The molecule has 1 unspecified atom stereocenters. The van der Waals surface area contributed by atoms with E-state index in [4.69, 9.17) is 0 Å². The lowest BCUT2D eigenvalue weighted by molar-refractivity contribution is 0.0900. The van der Waals surface area contributed by atoms with Crippen molar-refractivity contribution < 1.29 is 9.90 Å². The lowest BCUT2D eigenvalue weighted by atomic mass is 9.75. The van der Waals surface area contributed by atoms with Gasteiger partial charge >= 0.3 is 0 Å². The number of nitrogens with one attached hydrogen (secondary N) is 1. The number of phenolic OH excluding ortho intramolecular Hbond substituents is 1. The number of carbonyl (C=O) groups excluding carboxylic acids is 1. The largest absolute Gasteiger partial charge is 0.507 e. The van der Waals surface area contributed by atoms with Gasteiger partial charge in [-0.2, -0.15) is 0 Å². The van der Waals surface area contributed by atoms with Gasteiger partial charge in [0.1, 0.15) is 5.75 Å². The maximum atomic E-state index is 12.2. The summed E-state index contributed by atoms with van der Waals surface area (Å²) in [4.78, 5) is 12.2. The fraction of sp³-hybridized carbons (Fsp3) is 0.562. The van der Waals surface area contributed by atoms with Crippen molar-refractivity contribution in [1.29, 1.82) is 0 Å². The van der Waals surface area contributed by atoms with Crippen LogP contribution in [-0.4, -0.2) is 17.1 Å². The highest BCUT2D eigenvalue weighted by molar-refractivity contribution is 5.97. The zero-order chi connectivity index (χ0) is 14.0. The normalized spacial score (nSPS) is 21.9. The first-order valence-corrected chi connectivity index (χ1v) is 6.98. The Labute approximate surface area is 115 Å². The van der Waals surface area contributed by atoms with E-state index in [0.717, 1.165) is 24.8 Å². The van der Waals surface area contributed by atoms with Gasteiger partial charge in [0, 0.05) is 6.04 Å². The minimum atomic E-state index is -0.163. The van der Waals surface area contributed by atoms with E-state index in [0.29, 0.717) is 11.0 Å². The molecule has 1 aromatic rings. The molecule has 1 aliphatic rings. The molecule has 0 saturated heterocycles. The summed E-state index contributed by atoms with van der Waals surface area (Å²) in [5.41, 5.74) is 1.41. The lowest BCUT2D eigenvalue weighted by Crippen LogP contribution is -2.40. The van der Waals surface area contributed by atoms with Gasteiger partial charge in [-0.1, -0.05) is 32.4 Å². The van der Waals surface area contributed by atoms with Crippen molar-refractivity contribution in [3.05, 3.63) is 29.3 Å². The summed E-state index contributed by atoms with van der Waals surface area (Å²) in [5, 5.41) is 13.0. The lowest BCUT2D eigenvalue weighted by Gasteiger charge is -2.35. The maximum Gasteiger partial charge on any atom is 0.255 e. The Morgan fingerprint density at radius 3 is 2.84 bits per heavy atom. The van der Waals surface area contributed by atoms with Crippen LogP contribution in [0.15, 0.2) is 18.2 Å². The maximum absolute atomic E-state index is 12.2. The van der Waals surface area contributed by atoms with Gasteiger partial charge in [-0.3, -0.25) is 4.79 Å². The molecule has 0 spiro atoms. The summed E-state index contributed by atoms with van der Waals surface area (Å²) in [6, 6.07) is 5.49. The molecule has 1 aliphatic carbocycles. The molecule has 1 amide bonds. The minimum absolute atomic E-state index is 0.0927. The van der Waals surface area contributed by atoms with Crippen molar-refractivity contribution in [2.45, 2.75) is 52.5 Å². The molecular weight excluding hydrogens is 238 g/mol. The van der Waals surface area contributed by atoms with Gasteiger partial charge in [-0.15, -0.1) is 0 Å². The number of rotatable bonds is 2. The van der Waals surface area contributed by atoms with Gasteiger partial charge in [0.2, 0.25) is 0 Å². The second kappa shape index (κ2) is 5.24. The van der Waals surface area contributed by atoms with Crippen LogP contribution in [0.5, 0.6) is 5.75 Å². The number of hydrogen-bond donors (Lipinski definition) is 2. The monoisotopic (exact) mass is 261 g/mol. The zero-order valence-corrected chi connectivity index (χ0v) is 12.0. The second-order valence-electron chi connectivity index (χ2n) is 6.40. The van der Waals surface area contributed by atoms with Crippen LogP contribution in [0.4, 0.5) is 0 Å². The van der Waals surface area contributed by atoms with Crippen LogP contribution in [0.1, 0.15) is 55.5 Å². The van der Waals surface area contributed by atoms with Crippen LogP contribution in [-0.2, 0) is 0 Å². The average Bonchev–Trinajstić information content (AvgIpc) is 2.31. The van der Waals surface area contributed by atoms with E-state index in [1.807, 2.05) is 0 Å². The number of hydrogen-bond acceptors (Lipinski definition) is 2. The smallest absolute Gasteiger partial charge is 0.255 e. The molecule has 0 aromatic heterocycles. The molecule has 1 fully saturated rings. The molecule has 0 heterocycles. The first kappa shape index (κ1) is 13.9. The quantitative estimate of drug-likeness (QED) is 0.857. The number of benzene rings is 1. The molecule has 0 radical (unpaired) electrons. The third-order valence-electron chi connectivity index (χ3n) is 4.02. The highest BCUT2D eigenvalue weighted by Crippen LogP contribution is 2.35. The van der Waals surface area contributed by atoms with Gasteiger partial charge in [0.15, 0.2) is 0 Å². The molecule has 19 heavy (non-hydrogen) atoms. The van der Waals surface area contributed by atoms with Gasteiger partial charge in [-0.05, 0) is 43.2 Å². The van der Waals surface area contributed by atoms with E-state index in [1.54, 1.807) is 25.1 Å². The van der Waals surface area contributed by atoms with Gasteiger partial charge in [0.05, 0.1) is 5.56 Å². The molecular formula is C16H23NO2. The fourth-order valence-corrected chi connectivity index (χ4v) is 2.93. The van der Waals surface area contributed by atoms with Crippen LogP contribution in [0.3, 0.4) is 0 Å². The number of phenols is 1. The van der Waals surface area contributed by atoms with E-state index in [-0.39, 0.29) is 17.7 Å². The summed E-state index contributed by atoms with van der Waals surface area (Å²) in [6.07, 6.45) is 4.40. The van der Waals surface area contributed by atoms with E-state index < -0.39 is 0 Å². The van der Waals surface area contributed by atoms with Crippen LogP contribution >= 0.6 is 0 Å². The third kappa shape index (κ3) is 3.28. The molecule has 2 rings (SSSR count). The number of para-hydroxylation sites is 1. The van der Waals surface area contributed by atoms with E-state index in [9.17, 15) is 9.90 Å². The molecule has 3 heteroatoms. The molecule has 1 saturated carbocycles. The molecule has 0 aliphatic heterocycles. The minimum Gasteiger partial charge on any atom is -0.507 e. The Bertz CT molecular complexity index is 480. The fourth-order valence-electron chi connectivity index (χ4n) is 2.93. The van der Waals surface area contributed by atoms with E-state index >= 15 is 0 Å². The van der Waals surface area contributed by atoms with Crippen molar-refractivity contribution in [3.63, 3.8) is 0 Å². The first-order chi connectivity index (χ1) is 8.89. The molecule has 104 valence electrons. The average molecular weight is 261 g/mol. The Balaban J connectivity index is 2.07. The second-order valence-corrected chi connectivity index (χ2v) is 6.40. The SMILES string of the molecule is Cc1cccc(C(=O)NC2CCCC(C)(C)C2)c1O. The van der Waals surface area contributed by atoms with Crippen LogP contribution in [0, 0.1) is 12.3 Å². The predicted molar refractivity (Wildman–Crippen MR) is 76.3 cm³/mol. The van der Waals surface area contributed by atoms with E-state index in [2.05, 4.69) is 19.2 Å². The van der Waals surface area contributed by atoms with Crippen molar-refractivity contribution in [1.82, 2.24) is 5.32 Å². The molecule has 2 N–H and O–H groups in total. The standard InChI is InChI=1S/C16H23NO2/c1-11-6-4-8-13(14(11)18)15(19)17-12-7-5-9-16(2,3)10-12/h4,6,8,12,18H,5,7,9-10H2,1-3H3,(H,17,19). The Morgan fingerprint density at radius 2 is 2.16 bits per heavy atom. The summed E-state index contributed by atoms with van der Waals surface area (Å²) >= 11 is 0. The third-order valence-corrected chi connectivity index (χ3v) is 4.02. The van der Waals surface area contributed by atoms with Crippen molar-refractivity contribution in [3.8, 4) is 5.75 Å². The summed E-state index contributed by atoms with van der Waals surface area (Å²) in [5.74, 6) is -0.0704.